The van der Waals surface area contributed by atoms with Crippen LogP contribution < -0.4 is 5.73 Å². The number of thiophene rings is 1. The van der Waals surface area contributed by atoms with Crippen molar-refractivity contribution in [2.45, 2.75) is 26.1 Å². The third-order valence-corrected chi connectivity index (χ3v) is 3.18. The fourth-order valence-corrected chi connectivity index (χ4v) is 2.06. The molecule has 2 N–H and O–H groups in total. The van der Waals surface area contributed by atoms with E-state index >= 15 is 0 Å². The lowest BCUT2D eigenvalue weighted by Crippen LogP contribution is -2.15. The van der Waals surface area contributed by atoms with Crippen molar-refractivity contribution in [3.05, 3.63) is 21.9 Å². The summed E-state index contributed by atoms with van der Waals surface area (Å²) in [5.74, 6) is 0.148. The lowest BCUT2D eigenvalue weighted by molar-refractivity contribution is -0.134. The van der Waals surface area contributed by atoms with Gasteiger partial charge in [-0.2, -0.15) is 13.2 Å². The smallest absolute Gasteiger partial charge is 0.323 e. The van der Waals surface area contributed by atoms with Gasteiger partial charge >= 0.3 is 6.18 Å². The van der Waals surface area contributed by atoms with Gasteiger partial charge in [0.1, 0.15) is 4.88 Å². The van der Waals surface area contributed by atoms with E-state index in [4.69, 9.17) is 5.73 Å². The van der Waals surface area contributed by atoms with Crippen molar-refractivity contribution in [2.75, 3.05) is 0 Å². The summed E-state index contributed by atoms with van der Waals surface area (Å²) in [5.41, 5.74) is 5.74. The first-order valence-corrected chi connectivity index (χ1v) is 5.06. The fourth-order valence-electron chi connectivity index (χ4n) is 1.01. The van der Waals surface area contributed by atoms with Crippen LogP contribution in [0, 0.1) is 5.92 Å². The Balaban J connectivity index is 0.00000196. The summed E-state index contributed by atoms with van der Waals surface area (Å²) in [4.78, 5) is 0.0101. The zero-order valence-corrected chi connectivity index (χ0v) is 9.97. The second-order valence-corrected chi connectivity index (χ2v) is 4.58. The molecule has 1 heterocycles. The predicted molar refractivity (Wildman–Crippen MR) is 58.3 cm³/mol. The SMILES string of the molecule is CC(C)[C@@H](N)c1ccc(C(F)(F)F)s1.Cl. The Morgan fingerprint density at radius 3 is 2.13 bits per heavy atom. The molecule has 0 aromatic carbocycles. The number of rotatable bonds is 2. The number of nitrogens with two attached hydrogens (primary N) is 1. The van der Waals surface area contributed by atoms with Gasteiger partial charge in [-0.05, 0) is 18.1 Å². The molecule has 1 aromatic heterocycles. The van der Waals surface area contributed by atoms with Gasteiger partial charge in [0.25, 0.3) is 0 Å². The molecule has 1 aromatic rings. The van der Waals surface area contributed by atoms with E-state index in [2.05, 4.69) is 0 Å². The van der Waals surface area contributed by atoms with Crippen LogP contribution >= 0.6 is 23.7 Å². The molecule has 1 atom stereocenters. The van der Waals surface area contributed by atoms with Crippen LogP contribution in [0.15, 0.2) is 12.1 Å². The largest absolute Gasteiger partial charge is 0.425 e. The summed E-state index contributed by atoms with van der Waals surface area (Å²) >= 11 is 0.726. The summed E-state index contributed by atoms with van der Waals surface area (Å²) in [6.45, 7) is 3.77. The van der Waals surface area contributed by atoms with Gasteiger partial charge in [-0.25, -0.2) is 0 Å². The third-order valence-electron chi connectivity index (χ3n) is 1.95. The standard InChI is InChI=1S/C9H12F3NS.ClH/c1-5(2)8(13)6-3-4-7(14-6)9(10,11)12;/h3-5,8H,13H2,1-2H3;1H/t8-;/m1./s1. The monoisotopic (exact) mass is 259 g/mol. The summed E-state index contributed by atoms with van der Waals surface area (Å²) in [6.07, 6.45) is -4.25. The average Bonchev–Trinajstić information content (AvgIpc) is 2.49. The minimum atomic E-state index is -4.25. The quantitative estimate of drug-likeness (QED) is 0.858. The van der Waals surface area contributed by atoms with Crippen LogP contribution in [0.25, 0.3) is 0 Å². The van der Waals surface area contributed by atoms with E-state index in [9.17, 15) is 13.2 Å². The van der Waals surface area contributed by atoms with Gasteiger partial charge in [-0.3, -0.25) is 0 Å². The van der Waals surface area contributed by atoms with Gasteiger partial charge in [0.2, 0.25) is 0 Å². The van der Waals surface area contributed by atoms with Crippen LogP contribution in [0.5, 0.6) is 0 Å². The van der Waals surface area contributed by atoms with Gasteiger partial charge < -0.3 is 5.73 Å². The van der Waals surface area contributed by atoms with E-state index in [1.807, 2.05) is 13.8 Å². The maximum absolute atomic E-state index is 12.2. The van der Waals surface area contributed by atoms with Crippen molar-refractivity contribution in [3.8, 4) is 0 Å². The molecule has 0 radical (unpaired) electrons. The topological polar surface area (TPSA) is 26.0 Å². The van der Waals surface area contributed by atoms with Gasteiger partial charge in [0.05, 0.1) is 0 Å². The van der Waals surface area contributed by atoms with Crippen molar-refractivity contribution in [1.29, 1.82) is 0 Å². The van der Waals surface area contributed by atoms with E-state index in [0.717, 1.165) is 17.4 Å². The van der Waals surface area contributed by atoms with Crippen LogP contribution in [-0.2, 0) is 6.18 Å². The number of hydrogen-bond acceptors (Lipinski definition) is 2. The number of hydrogen-bond donors (Lipinski definition) is 1. The summed E-state index contributed by atoms with van der Waals surface area (Å²) in [7, 11) is 0. The molecular weight excluding hydrogens is 247 g/mol. The van der Waals surface area contributed by atoms with Crippen molar-refractivity contribution < 1.29 is 13.2 Å². The average molecular weight is 260 g/mol. The molecule has 0 amide bonds. The maximum atomic E-state index is 12.2. The zero-order chi connectivity index (χ0) is 10.9. The minimum absolute atomic E-state index is 0. The molecule has 0 spiro atoms. The molecule has 1 rings (SSSR count). The Kier molecular flexibility index (Phi) is 5.09. The highest BCUT2D eigenvalue weighted by Crippen LogP contribution is 2.37. The predicted octanol–water partition coefficient (Wildman–Crippen LogP) is 3.84. The Morgan fingerprint density at radius 2 is 1.80 bits per heavy atom. The number of halogens is 4. The van der Waals surface area contributed by atoms with E-state index in [0.29, 0.717) is 4.88 Å². The molecule has 0 aliphatic heterocycles. The highest BCUT2D eigenvalue weighted by Gasteiger charge is 2.33. The summed E-state index contributed by atoms with van der Waals surface area (Å²) in [6, 6.07) is 2.23. The molecule has 0 unspecified atom stereocenters. The summed E-state index contributed by atoms with van der Waals surface area (Å²) < 4.78 is 36.7. The Hall–Kier alpha value is -0.260. The van der Waals surface area contributed by atoms with E-state index in [1.54, 1.807) is 0 Å². The maximum Gasteiger partial charge on any atom is 0.425 e. The minimum Gasteiger partial charge on any atom is -0.323 e. The fraction of sp³-hybridized carbons (Fsp3) is 0.556. The first-order valence-electron chi connectivity index (χ1n) is 4.25. The molecule has 0 saturated heterocycles. The van der Waals surface area contributed by atoms with E-state index in [1.165, 1.54) is 6.07 Å². The highest BCUT2D eigenvalue weighted by molar-refractivity contribution is 7.12. The van der Waals surface area contributed by atoms with Crippen molar-refractivity contribution in [2.24, 2.45) is 11.7 Å². The van der Waals surface area contributed by atoms with Gasteiger partial charge in [-0.1, -0.05) is 13.8 Å². The van der Waals surface area contributed by atoms with Gasteiger partial charge in [0.15, 0.2) is 0 Å². The molecule has 0 aliphatic carbocycles. The molecule has 6 heteroatoms. The van der Waals surface area contributed by atoms with Crippen molar-refractivity contribution >= 4 is 23.7 Å². The Labute approximate surface area is 96.9 Å². The lowest BCUT2D eigenvalue weighted by atomic mass is 10.0. The molecule has 0 saturated carbocycles. The second kappa shape index (κ2) is 5.18. The molecule has 15 heavy (non-hydrogen) atoms. The Morgan fingerprint density at radius 1 is 1.27 bits per heavy atom. The normalized spacial score (nSPS) is 13.8. The highest BCUT2D eigenvalue weighted by atomic mass is 35.5. The molecule has 0 bridgehead atoms. The Bertz CT molecular complexity index is 309. The molecule has 88 valence electrons. The molecule has 1 nitrogen and oxygen atoms in total. The van der Waals surface area contributed by atoms with Crippen molar-refractivity contribution in [3.63, 3.8) is 0 Å². The van der Waals surface area contributed by atoms with Crippen LogP contribution in [0.1, 0.15) is 29.6 Å². The van der Waals surface area contributed by atoms with Crippen molar-refractivity contribution in [1.82, 2.24) is 0 Å². The molecular formula is C9H13ClF3NS. The first-order chi connectivity index (χ1) is 6.32. The van der Waals surface area contributed by atoms with Crippen LogP contribution in [0.4, 0.5) is 13.2 Å². The molecule has 0 fully saturated rings. The lowest BCUT2D eigenvalue weighted by Gasteiger charge is -2.13. The molecule has 0 aliphatic rings. The van der Waals surface area contributed by atoms with Gasteiger partial charge in [-0.15, -0.1) is 23.7 Å². The third kappa shape index (κ3) is 3.66. The first kappa shape index (κ1) is 14.7. The number of alkyl halides is 3. The van der Waals surface area contributed by atoms with Crippen LogP contribution in [0.3, 0.4) is 0 Å². The van der Waals surface area contributed by atoms with E-state index in [-0.39, 0.29) is 24.4 Å². The zero-order valence-electron chi connectivity index (χ0n) is 8.34. The summed E-state index contributed by atoms with van der Waals surface area (Å²) in [5, 5.41) is 0. The van der Waals surface area contributed by atoms with Crippen LogP contribution in [0.2, 0.25) is 0 Å². The van der Waals surface area contributed by atoms with E-state index < -0.39 is 11.1 Å². The van der Waals surface area contributed by atoms with Gasteiger partial charge in [0, 0.05) is 10.9 Å². The second-order valence-electron chi connectivity index (χ2n) is 3.47. The van der Waals surface area contributed by atoms with Crippen LogP contribution in [-0.4, -0.2) is 0 Å².